The fourth-order valence-corrected chi connectivity index (χ4v) is 2.40. The topological polar surface area (TPSA) is 12.4 Å². The van der Waals surface area contributed by atoms with Crippen molar-refractivity contribution in [3.63, 3.8) is 0 Å². The van der Waals surface area contributed by atoms with Gasteiger partial charge in [0.1, 0.15) is 0 Å². The monoisotopic (exact) mass is 151 g/mol. The highest BCUT2D eigenvalue weighted by Crippen LogP contribution is 2.32. The van der Waals surface area contributed by atoms with Crippen molar-refractivity contribution in [2.75, 3.05) is 0 Å². The molecule has 1 heteroatoms. The highest BCUT2D eigenvalue weighted by atomic mass is 14.8. The molecule has 0 saturated heterocycles. The quantitative estimate of drug-likeness (QED) is 0.546. The molecule has 0 N–H and O–H groups in total. The second kappa shape index (κ2) is 3.38. The first-order chi connectivity index (χ1) is 5.47. The van der Waals surface area contributed by atoms with Crippen LogP contribution in [0, 0.1) is 5.92 Å². The summed E-state index contributed by atoms with van der Waals surface area (Å²) in [6.45, 7) is 0. The molecule has 62 valence electrons. The van der Waals surface area contributed by atoms with Gasteiger partial charge in [0.2, 0.25) is 0 Å². The Balaban J connectivity index is 1.91. The van der Waals surface area contributed by atoms with Gasteiger partial charge in [0, 0.05) is 0 Å². The van der Waals surface area contributed by atoms with Crippen molar-refractivity contribution in [1.29, 1.82) is 0 Å². The summed E-state index contributed by atoms with van der Waals surface area (Å²) in [5.41, 5.74) is 0. The molecule has 1 nitrogen and oxygen atoms in total. The van der Waals surface area contributed by atoms with Gasteiger partial charge in [-0.05, 0) is 44.2 Å². The summed E-state index contributed by atoms with van der Waals surface area (Å²) in [5.74, 6) is 0.951. The standard InChI is InChI=1S/C10H17N/c1-2-6-9(5-1)10-7-3-4-8-11-10/h8-10H,1-7H2. The maximum Gasteiger partial charge on any atom is 0.0524 e. The van der Waals surface area contributed by atoms with Gasteiger partial charge >= 0.3 is 0 Å². The molecule has 0 amide bonds. The average molecular weight is 151 g/mol. The molecule has 0 bridgehead atoms. The van der Waals surface area contributed by atoms with Gasteiger partial charge in [-0.3, -0.25) is 4.99 Å². The van der Waals surface area contributed by atoms with Crippen LogP contribution < -0.4 is 0 Å². The van der Waals surface area contributed by atoms with Crippen LogP contribution >= 0.6 is 0 Å². The molecule has 1 atom stereocenters. The molecule has 1 heterocycles. The SMILES string of the molecule is C1=NC(C2CCCC2)CCC1. The first kappa shape index (κ1) is 7.33. The van der Waals surface area contributed by atoms with Gasteiger partial charge in [-0.1, -0.05) is 12.8 Å². The Kier molecular flexibility index (Phi) is 2.25. The van der Waals surface area contributed by atoms with Crippen LogP contribution in [0.4, 0.5) is 0 Å². The van der Waals surface area contributed by atoms with Crippen molar-refractivity contribution in [3.8, 4) is 0 Å². The Morgan fingerprint density at radius 1 is 1.00 bits per heavy atom. The number of rotatable bonds is 1. The van der Waals surface area contributed by atoms with Gasteiger partial charge < -0.3 is 0 Å². The Morgan fingerprint density at radius 2 is 1.82 bits per heavy atom. The van der Waals surface area contributed by atoms with Crippen molar-refractivity contribution in [1.82, 2.24) is 0 Å². The third kappa shape index (κ3) is 1.63. The Labute approximate surface area is 68.9 Å². The Morgan fingerprint density at radius 3 is 2.45 bits per heavy atom. The highest BCUT2D eigenvalue weighted by Gasteiger charge is 2.24. The number of nitrogens with zero attached hydrogens (tertiary/aromatic N) is 1. The summed E-state index contributed by atoms with van der Waals surface area (Å²) in [6, 6.07) is 0.714. The lowest BCUT2D eigenvalue weighted by molar-refractivity contribution is 0.398. The van der Waals surface area contributed by atoms with E-state index in [0.29, 0.717) is 6.04 Å². The summed E-state index contributed by atoms with van der Waals surface area (Å²) >= 11 is 0. The number of aliphatic imine (C=N–C) groups is 1. The first-order valence-corrected chi connectivity index (χ1v) is 4.98. The summed E-state index contributed by atoms with van der Waals surface area (Å²) < 4.78 is 0. The predicted octanol–water partition coefficient (Wildman–Crippen LogP) is 2.80. The zero-order valence-corrected chi connectivity index (χ0v) is 7.13. The van der Waals surface area contributed by atoms with E-state index >= 15 is 0 Å². The smallest absolute Gasteiger partial charge is 0.0524 e. The van der Waals surface area contributed by atoms with Gasteiger partial charge in [-0.2, -0.15) is 0 Å². The summed E-state index contributed by atoms with van der Waals surface area (Å²) in [6.07, 6.45) is 11.9. The molecule has 1 fully saturated rings. The van der Waals surface area contributed by atoms with Crippen LogP contribution in [0.1, 0.15) is 44.9 Å². The fraction of sp³-hybridized carbons (Fsp3) is 0.900. The highest BCUT2D eigenvalue weighted by molar-refractivity contribution is 5.58. The zero-order valence-electron chi connectivity index (χ0n) is 7.13. The third-order valence-electron chi connectivity index (χ3n) is 3.07. The minimum absolute atomic E-state index is 0.714. The maximum absolute atomic E-state index is 4.59. The molecule has 2 rings (SSSR count). The van der Waals surface area contributed by atoms with E-state index in [-0.39, 0.29) is 0 Å². The van der Waals surface area contributed by atoms with E-state index in [1.54, 1.807) is 0 Å². The Hall–Kier alpha value is -0.330. The molecule has 2 aliphatic rings. The first-order valence-electron chi connectivity index (χ1n) is 4.98. The number of hydrogen-bond acceptors (Lipinski definition) is 1. The predicted molar refractivity (Wildman–Crippen MR) is 48.1 cm³/mol. The zero-order chi connectivity index (χ0) is 7.52. The van der Waals surface area contributed by atoms with E-state index in [4.69, 9.17) is 0 Å². The van der Waals surface area contributed by atoms with Crippen molar-refractivity contribution in [2.45, 2.75) is 51.0 Å². The van der Waals surface area contributed by atoms with Crippen LogP contribution in [0.25, 0.3) is 0 Å². The van der Waals surface area contributed by atoms with E-state index in [9.17, 15) is 0 Å². The maximum atomic E-state index is 4.59. The van der Waals surface area contributed by atoms with Crippen molar-refractivity contribution in [3.05, 3.63) is 0 Å². The fourth-order valence-electron chi connectivity index (χ4n) is 2.40. The summed E-state index contributed by atoms with van der Waals surface area (Å²) in [4.78, 5) is 4.59. The molecular weight excluding hydrogens is 134 g/mol. The van der Waals surface area contributed by atoms with E-state index in [2.05, 4.69) is 11.2 Å². The molecule has 0 radical (unpaired) electrons. The van der Waals surface area contributed by atoms with E-state index in [0.717, 1.165) is 5.92 Å². The lowest BCUT2D eigenvalue weighted by Crippen LogP contribution is -2.18. The van der Waals surface area contributed by atoms with Gasteiger partial charge in [0.25, 0.3) is 0 Å². The number of hydrogen-bond donors (Lipinski definition) is 0. The molecule has 1 aliphatic heterocycles. The molecule has 0 aromatic heterocycles. The minimum Gasteiger partial charge on any atom is -0.294 e. The molecule has 11 heavy (non-hydrogen) atoms. The van der Waals surface area contributed by atoms with Gasteiger partial charge in [-0.25, -0.2) is 0 Å². The van der Waals surface area contributed by atoms with Crippen LogP contribution in [-0.4, -0.2) is 12.3 Å². The minimum atomic E-state index is 0.714. The molecule has 1 aliphatic carbocycles. The summed E-state index contributed by atoms with van der Waals surface area (Å²) in [5, 5.41) is 0. The van der Waals surface area contributed by atoms with Gasteiger partial charge in [0.15, 0.2) is 0 Å². The molecule has 0 aromatic carbocycles. The second-order valence-electron chi connectivity index (χ2n) is 3.87. The van der Waals surface area contributed by atoms with Crippen LogP contribution in [0.2, 0.25) is 0 Å². The summed E-state index contributed by atoms with van der Waals surface area (Å²) in [7, 11) is 0. The lowest BCUT2D eigenvalue weighted by Gasteiger charge is -2.21. The van der Waals surface area contributed by atoms with Crippen molar-refractivity contribution in [2.24, 2.45) is 10.9 Å². The van der Waals surface area contributed by atoms with Gasteiger partial charge in [0.05, 0.1) is 6.04 Å². The van der Waals surface area contributed by atoms with E-state index in [1.165, 1.54) is 44.9 Å². The lowest BCUT2D eigenvalue weighted by atomic mass is 9.92. The van der Waals surface area contributed by atoms with Crippen LogP contribution in [0.3, 0.4) is 0 Å². The van der Waals surface area contributed by atoms with E-state index in [1.807, 2.05) is 0 Å². The second-order valence-corrected chi connectivity index (χ2v) is 3.87. The van der Waals surface area contributed by atoms with Crippen LogP contribution in [0.15, 0.2) is 4.99 Å². The average Bonchev–Trinajstić information content (AvgIpc) is 2.58. The molecule has 1 saturated carbocycles. The molecule has 1 unspecified atom stereocenters. The Bertz CT molecular complexity index is 145. The molecular formula is C10H17N. The normalized spacial score (nSPS) is 32.9. The third-order valence-corrected chi connectivity index (χ3v) is 3.07. The van der Waals surface area contributed by atoms with E-state index < -0.39 is 0 Å². The van der Waals surface area contributed by atoms with Crippen molar-refractivity contribution < 1.29 is 0 Å². The van der Waals surface area contributed by atoms with Crippen molar-refractivity contribution >= 4 is 6.21 Å². The largest absolute Gasteiger partial charge is 0.294 e. The molecule has 0 spiro atoms. The van der Waals surface area contributed by atoms with Gasteiger partial charge in [-0.15, -0.1) is 0 Å². The van der Waals surface area contributed by atoms with Crippen LogP contribution in [-0.2, 0) is 0 Å². The van der Waals surface area contributed by atoms with Crippen LogP contribution in [0.5, 0.6) is 0 Å². The molecule has 0 aromatic rings.